The number of rotatable bonds is 3. The van der Waals surface area contributed by atoms with Crippen LogP contribution in [0.4, 0.5) is 4.79 Å². The summed E-state index contributed by atoms with van der Waals surface area (Å²) in [5.41, 5.74) is 0. The fourth-order valence-electron chi connectivity index (χ4n) is 1.36. The maximum atomic E-state index is 11.6. The Kier molecular flexibility index (Phi) is 4.33. The van der Waals surface area contributed by atoms with Crippen LogP contribution in [0, 0.1) is 5.92 Å². The fourth-order valence-corrected chi connectivity index (χ4v) is 2.56. The van der Waals surface area contributed by atoms with Gasteiger partial charge in [0, 0.05) is 19.6 Å². The molecule has 0 spiro atoms. The summed E-state index contributed by atoms with van der Waals surface area (Å²) in [6.45, 7) is 1.85. The minimum Gasteiger partial charge on any atom is -0.481 e. The molecule has 8 heteroatoms. The molecule has 0 radical (unpaired) electrons. The number of carbonyl (C=O) groups is 2. The van der Waals surface area contributed by atoms with Crippen LogP contribution in [-0.4, -0.2) is 61.6 Å². The Morgan fingerprint density at radius 3 is 2.35 bits per heavy atom. The van der Waals surface area contributed by atoms with Crippen LogP contribution in [-0.2, 0) is 14.6 Å². The smallest absolute Gasteiger partial charge is 0.317 e. The highest BCUT2D eigenvalue weighted by Gasteiger charge is 2.25. The molecule has 0 aromatic heterocycles. The molecule has 7 nitrogen and oxygen atoms in total. The van der Waals surface area contributed by atoms with E-state index in [1.807, 2.05) is 0 Å². The molecule has 1 fully saturated rings. The molecule has 1 saturated heterocycles. The summed E-state index contributed by atoms with van der Waals surface area (Å²) in [5.74, 6) is -1.71. The van der Waals surface area contributed by atoms with Crippen LogP contribution in [0.15, 0.2) is 0 Å². The van der Waals surface area contributed by atoms with E-state index in [1.165, 1.54) is 11.8 Å². The normalized spacial score (nSPS) is 20.6. The van der Waals surface area contributed by atoms with Crippen molar-refractivity contribution in [3.8, 4) is 0 Å². The van der Waals surface area contributed by atoms with Crippen molar-refractivity contribution in [2.24, 2.45) is 5.92 Å². The lowest BCUT2D eigenvalue weighted by Crippen LogP contribution is -2.49. The van der Waals surface area contributed by atoms with E-state index >= 15 is 0 Å². The van der Waals surface area contributed by atoms with E-state index in [0.29, 0.717) is 0 Å². The van der Waals surface area contributed by atoms with E-state index in [9.17, 15) is 18.0 Å². The van der Waals surface area contributed by atoms with Gasteiger partial charge in [-0.05, 0) is 0 Å². The van der Waals surface area contributed by atoms with Crippen molar-refractivity contribution in [3.63, 3.8) is 0 Å². The minimum atomic E-state index is -3.01. The number of nitrogens with one attached hydrogen (secondary N) is 1. The standard InChI is InChI=1S/C9H16N2O5S/c1-7(8(12)13)6-10-9(14)11-2-4-17(15,16)5-3-11/h7H,2-6H2,1H3,(H,10,14)(H,12,13). The fraction of sp³-hybridized carbons (Fsp3) is 0.778. The Hall–Kier alpha value is -1.31. The molecular formula is C9H16N2O5S. The number of sulfone groups is 1. The minimum absolute atomic E-state index is 0.0328. The van der Waals surface area contributed by atoms with Crippen molar-refractivity contribution in [2.75, 3.05) is 31.1 Å². The number of carboxylic acids is 1. The van der Waals surface area contributed by atoms with Crippen LogP contribution in [0.25, 0.3) is 0 Å². The molecule has 1 rings (SSSR count). The van der Waals surface area contributed by atoms with Gasteiger partial charge in [-0.1, -0.05) is 6.92 Å². The molecule has 98 valence electrons. The van der Waals surface area contributed by atoms with Crippen molar-refractivity contribution >= 4 is 21.8 Å². The second-order valence-electron chi connectivity index (χ2n) is 4.06. The van der Waals surface area contributed by atoms with Crippen molar-refractivity contribution < 1.29 is 23.1 Å². The van der Waals surface area contributed by atoms with E-state index in [0.717, 1.165) is 0 Å². The predicted octanol–water partition coefficient (Wildman–Crippen LogP) is -0.853. The number of aliphatic carboxylic acids is 1. The van der Waals surface area contributed by atoms with E-state index in [4.69, 9.17) is 5.11 Å². The van der Waals surface area contributed by atoms with Gasteiger partial charge in [-0.3, -0.25) is 4.79 Å². The highest BCUT2D eigenvalue weighted by Crippen LogP contribution is 2.04. The van der Waals surface area contributed by atoms with Gasteiger partial charge in [0.2, 0.25) is 0 Å². The summed E-state index contributed by atoms with van der Waals surface area (Å²) in [7, 11) is -3.01. The zero-order valence-electron chi connectivity index (χ0n) is 9.55. The Bertz CT molecular complexity index is 392. The Morgan fingerprint density at radius 1 is 1.35 bits per heavy atom. The number of carboxylic acid groups (broad SMARTS) is 1. The molecule has 1 aliphatic heterocycles. The van der Waals surface area contributed by atoms with E-state index in [1.54, 1.807) is 0 Å². The van der Waals surface area contributed by atoms with E-state index in [-0.39, 0.29) is 31.1 Å². The Labute approximate surface area is 99.7 Å². The van der Waals surface area contributed by atoms with Gasteiger partial charge < -0.3 is 15.3 Å². The summed E-state index contributed by atoms with van der Waals surface area (Å²) in [6.07, 6.45) is 0. The van der Waals surface area contributed by atoms with Crippen LogP contribution < -0.4 is 5.32 Å². The first-order chi connectivity index (χ1) is 7.82. The van der Waals surface area contributed by atoms with Gasteiger partial charge in [0.25, 0.3) is 0 Å². The van der Waals surface area contributed by atoms with E-state index in [2.05, 4.69) is 5.32 Å². The summed E-state index contributed by atoms with van der Waals surface area (Å²) < 4.78 is 22.3. The van der Waals surface area contributed by atoms with Crippen LogP contribution in [0.1, 0.15) is 6.92 Å². The lowest BCUT2D eigenvalue weighted by atomic mass is 10.2. The largest absolute Gasteiger partial charge is 0.481 e. The first-order valence-electron chi connectivity index (χ1n) is 5.28. The summed E-state index contributed by atoms with van der Waals surface area (Å²) in [4.78, 5) is 23.5. The molecular weight excluding hydrogens is 248 g/mol. The lowest BCUT2D eigenvalue weighted by molar-refractivity contribution is -0.140. The molecule has 17 heavy (non-hydrogen) atoms. The highest BCUT2D eigenvalue weighted by molar-refractivity contribution is 7.91. The van der Waals surface area contributed by atoms with Gasteiger partial charge in [-0.2, -0.15) is 0 Å². The zero-order chi connectivity index (χ0) is 13.1. The summed E-state index contributed by atoms with van der Waals surface area (Å²) >= 11 is 0. The number of nitrogens with zero attached hydrogens (tertiary/aromatic N) is 1. The third kappa shape index (κ3) is 4.22. The number of carbonyl (C=O) groups excluding carboxylic acids is 1. The quantitative estimate of drug-likeness (QED) is 0.691. The van der Waals surface area contributed by atoms with Crippen molar-refractivity contribution in [1.29, 1.82) is 0 Å². The van der Waals surface area contributed by atoms with Gasteiger partial charge in [-0.25, -0.2) is 13.2 Å². The second-order valence-corrected chi connectivity index (χ2v) is 6.37. The van der Waals surface area contributed by atoms with Gasteiger partial charge >= 0.3 is 12.0 Å². The van der Waals surface area contributed by atoms with E-state index < -0.39 is 27.8 Å². The summed E-state index contributed by atoms with van der Waals surface area (Å²) in [5, 5.41) is 11.1. The summed E-state index contributed by atoms with van der Waals surface area (Å²) in [6, 6.07) is -0.409. The molecule has 2 N–H and O–H groups in total. The maximum absolute atomic E-state index is 11.6. The molecule has 0 bridgehead atoms. The highest BCUT2D eigenvalue weighted by atomic mass is 32.2. The van der Waals surface area contributed by atoms with Gasteiger partial charge in [0.15, 0.2) is 9.84 Å². The second kappa shape index (κ2) is 5.35. The first-order valence-corrected chi connectivity index (χ1v) is 7.10. The number of hydrogen-bond donors (Lipinski definition) is 2. The number of hydrogen-bond acceptors (Lipinski definition) is 4. The topological polar surface area (TPSA) is 104 Å². The van der Waals surface area contributed by atoms with Crippen LogP contribution in [0.2, 0.25) is 0 Å². The number of urea groups is 1. The van der Waals surface area contributed by atoms with Gasteiger partial charge in [-0.15, -0.1) is 0 Å². The molecule has 1 heterocycles. The molecule has 0 aliphatic carbocycles. The molecule has 2 amide bonds. The molecule has 0 aromatic carbocycles. The van der Waals surface area contributed by atoms with Gasteiger partial charge in [0.1, 0.15) is 0 Å². The molecule has 1 unspecified atom stereocenters. The lowest BCUT2D eigenvalue weighted by Gasteiger charge is -2.27. The van der Waals surface area contributed by atoms with Crippen molar-refractivity contribution in [2.45, 2.75) is 6.92 Å². The SMILES string of the molecule is CC(CNC(=O)N1CCS(=O)(=O)CC1)C(=O)O. The zero-order valence-corrected chi connectivity index (χ0v) is 10.4. The number of amides is 2. The first kappa shape index (κ1) is 13.8. The molecule has 0 saturated carbocycles. The van der Waals surface area contributed by atoms with Gasteiger partial charge in [0.05, 0.1) is 17.4 Å². The third-order valence-electron chi connectivity index (χ3n) is 2.61. The molecule has 0 aromatic rings. The molecule has 1 atom stereocenters. The maximum Gasteiger partial charge on any atom is 0.317 e. The van der Waals surface area contributed by atoms with Crippen molar-refractivity contribution in [1.82, 2.24) is 10.2 Å². The average molecular weight is 264 g/mol. The Balaban J connectivity index is 2.37. The third-order valence-corrected chi connectivity index (χ3v) is 4.22. The van der Waals surface area contributed by atoms with Crippen LogP contribution in [0.3, 0.4) is 0 Å². The van der Waals surface area contributed by atoms with Crippen molar-refractivity contribution in [3.05, 3.63) is 0 Å². The average Bonchev–Trinajstić information content (AvgIpc) is 2.25. The molecule has 1 aliphatic rings. The van der Waals surface area contributed by atoms with Crippen LogP contribution in [0.5, 0.6) is 0 Å². The predicted molar refractivity (Wildman–Crippen MR) is 60.4 cm³/mol. The van der Waals surface area contributed by atoms with Crippen LogP contribution >= 0.6 is 0 Å². The monoisotopic (exact) mass is 264 g/mol. The Morgan fingerprint density at radius 2 is 1.88 bits per heavy atom.